The monoisotopic (exact) mass is 398 g/mol. The van der Waals surface area contributed by atoms with Crippen LogP contribution in [0.5, 0.6) is 5.75 Å². The van der Waals surface area contributed by atoms with E-state index in [1.807, 2.05) is 0 Å². The summed E-state index contributed by atoms with van der Waals surface area (Å²) in [4.78, 5) is 25.2. The number of carbonyl (C=O) groups is 2. The van der Waals surface area contributed by atoms with Gasteiger partial charge < -0.3 is 15.4 Å². The minimum Gasteiger partial charge on any atom is -0.497 e. The summed E-state index contributed by atoms with van der Waals surface area (Å²) in [6, 6.07) is 16.9. The Bertz CT molecular complexity index is 1040. The predicted molar refractivity (Wildman–Crippen MR) is 107 cm³/mol. The molecular formula is C21H16ClFN2O3. The summed E-state index contributed by atoms with van der Waals surface area (Å²) in [5.41, 5.74) is 1.21. The van der Waals surface area contributed by atoms with Crippen molar-refractivity contribution >= 4 is 34.8 Å². The lowest BCUT2D eigenvalue weighted by atomic mass is 10.1. The first-order valence-corrected chi connectivity index (χ1v) is 8.66. The Labute approximate surface area is 166 Å². The topological polar surface area (TPSA) is 67.4 Å². The van der Waals surface area contributed by atoms with Crippen molar-refractivity contribution in [2.75, 3.05) is 17.7 Å². The summed E-state index contributed by atoms with van der Waals surface area (Å²) in [7, 11) is 1.53. The third kappa shape index (κ3) is 4.47. The summed E-state index contributed by atoms with van der Waals surface area (Å²) in [6.45, 7) is 0. The Morgan fingerprint density at radius 3 is 2.39 bits per heavy atom. The highest BCUT2D eigenvalue weighted by molar-refractivity contribution is 6.34. The van der Waals surface area contributed by atoms with Gasteiger partial charge in [0.05, 0.1) is 28.9 Å². The van der Waals surface area contributed by atoms with Gasteiger partial charge in [0.25, 0.3) is 11.8 Å². The van der Waals surface area contributed by atoms with Gasteiger partial charge in [-0.2, -0.15) is 0 Å². The fourth-order valence-corrected chi connectivity index (χ4v) is 2.81. The molecular weight excluding hydrogens is 383 g/mol. The second kappa shape index (κ2) is 8.54. The molecule has 0 saturated carbocycles. The lowest BCUT2D eigenvalue weighted by molar-refractivity contribution is 0.102. The average Bonchev–Trinajstić information content (AvgIpc) is 2.68. The molecule has 28 heavy (non-hydrogen) atoms. The van der Waals surface area contributed by atoms with Crippen LogP contribution in [-0.4, -0.2) is 18.9 Å². The fourth-order valence-electron chi connectivity index (χ4n) is 2.55. The van der Waals surface area contributed by atoms with Crippen LogP contribution in [0.3, 0.4) is 0 Å². The van der Waals surface area contributed by atoms with Crippen LogP contribution in [0.1, 0.15) is 20.7 Å². The van der Waals surface area contributed by atoms with E-state index in [-0.39, 0.29) is 16.1 Å². The highest BCUT2D eigenvalue weighted by Gasteiger charge is 2.16. The molecule has 0 spiro atoms. The number of amides is 2. The maximum atomic E-state index is 13.2. The van der Waals surface area contributed by atoms with Crippen LogP contribution in [-0.2, 0) is 0 Å². The van der Waals surface area contributed by atoms with E-state index in [0.717, 1.165) is 12.1 Å². The second-order valence-corrected chi connectivity index (χ2v) is 6.22. The second-order valence-electron chi connectivity index (χ2n) is 5.81. The fraction of sp³-hybridized carbons (Fsp3) is 0.0476. The van der Waals surface area contributed by atoms with Crippen molar-refractivity contribution in [3.63, 3.8) is 0 Å². The Kier molecular flexibility index (Phi) is 5.91. The highest BCUT2D eigenvalue weighted by atomic mass is 35.5. The number of nitrogens with one attached hydrogen (secondary N) is 2. The summed E-state index contributed by atoms with van der Waals surface area (Å²) in [5, 5.41) is 5.39. The molecule has 0 aliphatic heterocycles. The van der Waals surface area contributed by atoms with Crippen LogP contribution in [0, 0.1) is 5.82 Å². The summed E-state index contributed by atoms with van der Waals surface area (Å²) < 4.78 is 18.3. The van der Waals surface area contributed by atoms with E-state index in [2.05, 4.69) is 10.6 Å². The zero-order chi connectivity index (χ0) is 20.1. The molecule has 3 aromatic carbocycles. The van der Waals surface area contributed by atoms with Gasteiger partial charge in [0, 0.05) is 11.8 Å². The SMILES string of the molecule is COc1cccc(NC(=O)c2ccccc2NC(=O)c2ccc(F)cc2Cl)c1. The lowest BCUT2D eigenvalue weighted by Gasteiger charge is -2.12. The zero-order valence-corrected chi connectivity index (χ0v) is 15.6. The molecule has 0 atom stereocenters. The molecule has 0 fully saturated rings. The summed E-state index contributed by atoms with van der Waals surface area (Å²) in [5.74, 6) is -0.897. The van der Waals surface area contributed by atoms with Crippen LogP contribution in [0.4, 0.5) is 15.8 Å². The molecule has 2 N–H and O–H groups in total. The van der Waals surface area contributed by atoms with Gasteiger partial charge in [-0.05, 0) is 42.5 Å². The number of methoxy groups -OCH3 is 1. The lowest BCUT2D eigenvalue weighted by Crippen LogP contribution is -2.18. The van der Waals surface area contributed by atoms with Gasteiger partial charge >= 0.3 is 0 Å². The molecule has 7 heteroatoms. The Morgan fingerprint density at radius 1 is 0.893 bits per heavy atom. The number of benzene rings is 3. The Hall–Kier alpha value is -3.38. The Balaban J connectivity index is 1.82. The van der Waals surface area contributed by atoms with Gasteiger partial charge in [-0.3, -0.25) is 9.59 Å². The van der Waals surface area contributed by atoms with Crippen LogP contribution < -0.4 is 15.4 Å². The standard InChI is InChI=1S/C21H16ClFN2O3/c1-28-15-6-4-5-14(12-15)24-21(27)17-7-2-3-8-19(17)25-20(26)16-10-9-13(23)11-18(16)22/h2-12H,1H3,(H,24,27)(H,25,26). The van der Waals surface area contributed by atoms with Gasteiger partial charge in [-0.1, -0.05) is 29.8 Å². The Morgan fingerprint density at radius 2 is 1.64 bits per heavy atom. The van der Waals surface area contributed by atoms with E-state index in [0.29, 0.717) is 17.1 Å². The molecule has 0 radical (unpaired) electrons. The number of para-hydroxylation sites is 1. The predicted octanol–water partition coefficient (Wildman–Crippen LogP) is 4.99. The molecule has 3 aromatic rings. The first-order chi connectivity index (χ1) is 13.5. The first kappa shape index (κ1) is 19.4. The number of hydrogen-bond donors (Lipinski definition) is 2. The van der Waals surface area contributed by atoms with Crippen molar-refractivity contribution in [2.24, 2.45) is 0 Å². The van der Waals surface area contributed by atoms with E-state index >= 15 is 0 Å². The van der Waals surface area contributed by atoms with Gasteiger partial charge in [-0.25, -0.2) is 4.39 Å². The van der Waals surface area contributed by atoms with Crippen LogP contribution in [0.25, 0.3) is 0 Å². The molecule has 0 bridgehead atoms. The number of carbonyl (C=O) groups excluding carboxylic acids is 2. The molecule has 142 valence electrons. The maximum absolute atomic E-state index is 13.2. The smallest absolute Gasteiger partial charge is 0.257 e. The molecule has 0 aliphatic rings. The zero-order valence-electron chi connectivity index (χ0n) is 14.8. The average molecular weight is 399 g/mol. The number of ether oxygens (including phenoxy) is 1. The van der Waals surface area contributed by atoms with Gasteiger partial charge in [-0.15, -0.1) is 0 Å². The molecule has 0 aliphatic carbocycles. The molecule has 3 rings (SSSR count). The quantitative estimate of drug-likeness (QED) is 0.636. The molecule has 0 aromatic heterocycles. The molecule has 5 nitrogen and oxygen atoms in total. The third-order valence-corrected chi connectivity index (χ3v) is 4.24. The van der Waals surface area contributed by atoms with Crippen molar-refractivity contribution < 1.29 is 18.7 Å². The number of hydrogen-bond acceptors (Lipinski definition) is 3. The van der Waals surface area contributed by atoms with Gasteiger partial charge in [0.15, 0.2) is 0 Å². The van der Waals surface area contributed by atoms with Gasteiger partial charge in [0.2, 0.25) is 0 Å². The van der Waals surface area contributed by atoms with E-state index in [9.17, 15) is 14.0 Å². The van der Waals surface area contributed by atoms with Crippen LogP contribution in [0.15, 0.2) is 66.7 Å². The van der Waals surface area contributed by atoms with E-state index < -0.39 is 17.6 Å². The van der Waals surface area contributed by atoms with Crippen molar-refractivity contribution in [3.05, 3.63) is 88.7 Å². The third-order valence-electron chi connectivity index (χ3n) is 3.92. The van der Waals surface area contributed by atoms with Crippen molar-refractivity contribution in [2.45, 2.75) is 0 Å². The van der Waals surface area contributed by atoms with Crippen molar-refractivity contribution in [1.82, 2.24) is 0 Å². The highest BCUT2D eigenvalue weighted by Crippen LogP contribution is 2.23. The van der Waals surface area contributed by atoms with Gasteiger partial charge in [0.1, 0.15) is 11.6 Å². The van der Waals surface area contributed by atoms with E-state index in [1.165, 1.54) is 13.2 Å². The number of anilines is 2. The normalized spacial score (nSPS) is 10.2. The number of rotatable bonds is 5. The summed E-state index contributed by atoms with van der Waals surface area (Å²) >= 11 is 5.94. The van der Waals surface area contributed by atoms with Crippen LogP contribution >= 0.6 is 11.6 Å². The van der Waals surface area contributed by atoms with Crippen LogP contribution in [0.2, 0.25) is 5.02 Å². The summed E-state index contributed by atoms with van der Waals surface area (Å²) in [6.07, 6.45) is 0. The van der Waals surface area contributed by atoms with E-state index in [1.54, 1.807) is 48.5 Å². The number of halogens is 2. The van der Waals surface area contributed by atoms with Crippen molar-refractivity contribution in [1.29, 1.82) is 0 Å². The van der Waals surface area contributed by atoms with Crippen molar-refractivity contribution in [3.8, 4) is 5.75 Å². The minimum absolute atomic E-state index is 0.0178. The molecule has 0 saturated heterocycles. The largest absolute Gasteiger partial charge is 0.497 e. The molecule has 2 amide bonds. The molecule has 0 unspecified atom stereocenters. The van der Waals surface area contributed by atoms with E-state index in [4.69, 9.17) is 16.3 Å². The molecule has 0 heterocycles. The first-order valence-electron chi connectivity index (χ1n) is 8.29. The minimum atomic E-state index is -0.549. The maximum Gasteiger partial charge on any atom is 0.257 e.